The van der Waals surface area contributed by atoms with Crippen molar-refractivity contribution in [2.24, 2.45) is 5.41 Å². The van der Waals surface area contributed by atoms with E-state index in [4.69, 9.17) is 4.98 Å². The summed E-state index contributed by atoms with van der Waals surface area (Å²) in [6.07, 6.45) is 4.10. The number of fused-ring (bicyclic) bond motifs is 5. The molecule has 2 atom stereocenters. The first-order valence-electron chi connectivity index (χ1n) is 13.6. The summed E-state index contributed by atoms with van der Waals surface area (Å²) in [7, 11) is 0. The number of rotatable bonds is 3. The first kappa shape index (κ1) is 24.5. The maximum Gasteiger partial charge on any atom is 0.158 e. The molecule has 0 aliphatic carbocycles. The quantitative estimate of drug-likeness (QED) is 0.262. The minimum Gasteiger partial charge on any atom is -0.316 e. The van der Waals surface area contributed by atoms with Crippen LogP contribution in [0.4, 0.5) is 22.9 Å². The highest BCUT2D eigenvalue weighted by molar-refractivity contribution is 5.93. The predicted octanol–water partition coefficient (Wildman–Crippen LogP) is 9.15. The lowest BCUT2D eigenvalue weighted by atomic mass is 9.58. The molecule has 0 saturated heterocycles. The molecule has 3 heteroatoms. The van der Waals surface area contributed by atoms with Gasteiger partial charge in [-0.1, -0.05) is 108 Å². The molecule has 4 aromatic rings. The summed E-state index contributed by atoms with van der Waals surface area (Å²) >= 11 is 0. The van der Waals surface area contributed by atoms with Crippen molar-refractivity contribution in [3.8, 4) is 11.1 Å². The van der Waals surface area contributed by atoms with Gasteiger partial charge in [0, 0.05) is 28.3 Å². The molecule has 3 heterocycles. The van der Waals surface area contributed by atoms with Gasteiger partial charge in [-0.05, 0) is 46.4 Å². The van der Waals surface area contributed by atoms with Crippen molar-refractivity contribution in [2.75, 3.05) is 9.80 Å². The van der Waals surface area contributed by atoms with Gasteiger partial charge >= 0.3 is 0 Å². The molecule has 2 aliphatic heterocycles. The van der Waals surface area contributed by atoms with Crippen LogP contribution in [0.5, 0.6) is 0 Å². The molecule has 0 saturated carbocycles. The van der Waals surface area contributed by atoms with Crippen molar-refractivity contribution < 1.29 is 0 Å². The van der Waals surface area contributed by atoms with E-state index < -0.39 is 0 Å². The van der Waals surface area contributed by atoms with Crippen LogP contribution in [0.25, 0.3) is 11.1 Å². The average molecular weight is 500 g/mol. The van der Waals surface area contributed by atoms with Crippen LogP contribution in [0.3, 0.4) is 0 Å². The summed E-state index contributed by atoms with van der Waals surface area (Å²) in [5, 5.41) is 0. The Kier molecular flexibility index (Phi) is 5.36. The first-order valence-corrected chi connectivity index (χ1v) is 13.6. The second-order valence-corrected chi connectivity index (χ2v) is 12.5. The molecule has 3 nitrogen and oxygen atoms in total. The van der Waals surface area contributed by atoms with Crippen molar-refractivity contribution >= 4 is 22.9 Å². The van der Waals surface area contributed by atoms with Crippen LogP contribution in [0.15, 0.2) is 104 Å². The molecule has 3 aromatic carbocycles. The van der Waals surface area contributed by atoms with E-state index in [-0.39, 0.29) is 22.4 Å². The molecule has 0 fully saturated rings. The van der Waals surface area contributed by atoms with E-state index in [2.05, 4.69) is 149 Å². The van der Waals surface area contributed by atoms with Crippen LogP contribution in [-0.4, -0.2) is 11.1 Å². The first-order chi connectivity index (χ1) is 18.1. The van der Waals surface area contributed by atoms with E-state index in [0.717, 1.165) is 11.5 Å². The zero-order chi connectivity index (χ0) is 26.9. The van der Waals surface area contributed by atoms with Crippen LogP contribution in [-0.2, 0) is 10.8 Å². The molecule has 0 spiro atoms. The van der Waals surface area contributed by atoms with E-state index in [9.17, 15) is 0 Å². The molecule has 0 N–H and O–H groups in total. The van der Waals surface area contributed by atoms with Crippen molar-refractivity contribution in [3.63, 3.8) is 0 Å². The van der Waals surface area contributed by atoms with E-state index in [0.29, 0.717) is 0 Å². The Morgan fingerprint density at radius 1 is 0.789 bits per heavy atom. The Morgan fingerprint density at radius 2 is 1.47 bits per heavy atom. The fraction of sp³-hybridized carbons (Fsp3) is 0.286. The third-order valence-corrected chi connectivity index (χ3v) is 9.07. The number of aromatic nitrogens is 1. The number of benzene rings is 3. The van der Waals surface area contributed by atoms with E-state index in [1.54, 1.807) is 0 Å². The van der Waals surface area contributed by atoms with Gasteiger partial charge in [0.25, 0.3) is 0 Å². The molecule has 2 unspecified atom stereocenters. The van der Waals surface area contributed by atoms with E-state index in [1.165, 1.54) is 33.6 Å². The molecular weight excluding hydrogens is 462 g/mol. The van der Waals surface area contributed by atoms with Crippen LogP contribution in [0.1, 0.15) is 52.7 Å². The predicted molar refractivity (Wildman–Crippen MR) is 161 cm³/mol. The lowest BCUT2D eigenvalue weighted by molar-refractivity contribution is 0.171. The van der Waals surface area contributed by atoms with Crippen molar-refractivity contribution in [3.05, 3.63) is 115 Å². The molecule has 2 aliphatic rings. The van der Waals surface area contributed by atoms with Crippen molar-refractivity contribution in [2.45, 2.75) is 58.5 Å². The molecule has 38 heavy (non-hydrogen) atoms. The molecule has 0 amide bonds. The summed E-state index contributed by atoms with van der Waals surface area (Å²) in [6.45, 7) is 18.4. The fourth-order valence-electron chi connectivity index (χ4n) is 6.44. The van der Waals surface area contributed by atoms with Gasteiger partial charge in [-0.25, -0.2) is 4.98 Å². The van der Waals surface area contributed by atoms with Crippen LogP contribution in [0, 0.1) is 5.41 Å². The Labute approximate surface area is 227 Å². The summed E-state index contributed by atoms with van der Waals surface area (Å²) in [6, 6.07) is 30.7. The van der Waals surface area contributed by atoms with Crippen molar-refractivity contribution in [1.29, 1.82) is 0 Å². The van der Waals surface area contributed by atoms with Crippen LogP contribution in [0.2, 0.25) is 0 Å². The number of para-hydroxylation sites is 1. The second-order valence-electron chi connectivity index (χ2n) is 12.5. The fourth-order valence-corrected chi connectivity index (χ4v) is 6.44. The van der Waals surface area contributed by atoms with Gasteiger partial charge in [0.15, 0.2) is 5.82 Å². The number of anilines is 4. The van der Waals surface area contributed by atoms with Crippen LogP contribution < -0.4 is 9.80 Å². The highest BCUT2D eigenvalue weighted by atomic mass is 15.5. The largest absolute Gasteiger partial charge is 0.316 e. The van der Waals surface area contributed by atoms with Gasteiger partial charge in [0.2, 0.25) is 0 Å². The Hall–Kier alpha value is -3.85. The summed E-state index contributed by atoms with van der Waals surface area (Å²) in [5.41, 5.74) is 8.18. The average Bonchev–Trinajstić information content (AvgIpc) is 3.27. The van der Waals surface area contributed by atoms with Gasteiger partial charge in [0.1, 0.15) is 6.17 Å². The maximum atomic E-state index is 4.99. The highest BCUT2D eigenvalue weighted by Crippen LogP contribution is 2.63. The minimum absolute atomic E-state index is 0.00764. The normalized spacial score (nSPS) is 21.5. The molecule has 192 valence electrons. The summed E-state index contributed by atoms with van der Waals surface area (Å²) < 4.78 is 0. The summed E-state index contributed by atoms with van der Waals surface area (Å²) in [5.74, 6) is 1.00. The van der Waals surface area contributed by atoms with Gasteiger partial charge in [-0.15, -0.1) is 6.58 Å². The van der Waals surface area contributed by atoms with Gasteiger partial charge in [0.05, 0.1) is 11.4 Å². The monoisotopic (exact) mass is 499 g/mol. The molecule has 1 aromatic heterocycles. The smallest absolute Gasteiger partial charge is 0.158 e. The molecule has 0 radical (unpaired) electrons. The number of allylic oxidation sites excluding steroid dienone is 1. The number of pyridine rings is 1. The SMILES string of the molecule is C=CC1(C)c2cc(C(C)(C)C)ccc2N2c3ncccc3N(c3ccccc3-c3ccccc3)C2C1(C)C. The van der Waals surface area contributed by atoms with Gasteiger partial charge < -0.3 is 9.80 Å². The zero-order valence-corrected chi connectivity index (χ0v) is 23.4. The standard InChI is InChI=1S/C35H37N3/c1-8-35(7)27-23-25(33(2,3)4)20-21-29(27)38-31-30(19-14-22-36-31)37(32(38)34(35,5)6)28-18-13-12-17-26(28)24-15-10-9-11-16-24/h8-23,32H,1H2,2-7H3. The van der Waals surface area contributed by atoms with Crippen molar-refractivity contribution in [1.82, 2.24) is 4.98 Å². The lowest BCUT2D eigenvalue weighted by Crippen LogP contribution is -2.60. The minimum atomic E-state index is -0.271. The van der Waals surface area contributed by atoms with Gasteiger partial charge in [-0.2, -0.15) is 0 Å². The topological polar surface area (TPSA) is 19.4 Å². The molecular formula is C35H37N3. The second kappa shape index (κ2) is 8.33. The zero-order valence-electron chi connectivity index (χ0n) is 23.4. The Balaban J connectivity index is 1.65. The Bertz CT molecular complexity index is 1530. The third kappa shape index (κ3) is 3.31. The Morgan fingerprint density at radius 3 is 2.18 bits per heavy atom. The number of nitrogens with zero attached hydrogens (tertiary/aromatic N) is 3. The lowest BCUT2D eigenvalue weighted by Gasteiger charge is -2.56. The van der Waals surface area contributed by atoms with E-state index >= 15 is 0 Å². The molecule has 0 bridgehead atoms. The third-order valence-electron chi connectivity index (χ3n) is 9.07. The maximum absolute atomic E-state index is 4.99. The molecule has 6 rings (SSSR count). The van der Waals surface area contributed by atoms with E-state index in [1.807, 2.05) is 6.20 Å². The summed E-state index contributed by atoms with van der Waals surface area (Å²) in [4.78, 5) is 9.99. The number of hydrogen-bond donors (Lipinski definition) is 0. The highest BCUT2D eigenvalue weighted by Gasteiger charge is 2.59. The number of hydrogen-bond acceptors (Lipinski definition) is 3. The van der Waals surface area contributed by atoms with Gasteiger partial charge in [-0.3, -0.25) is 0 Å². The van der Waals surface area contributed by atoms with Crippen LogP contribution >= 0.6 is 0 Å².